The lowest BCUT2D eigenvalue weighted by molar-refractivity contribution is -0.253. The molecule has 6 unspecified atom stereocenters. The van der Waals surface area contributed by atoms with Crippen LogP contribution in [0.1, 0.15) is 77.0 Å². The maximum Gasteiger partial charge on any atom is 0.0915 e. The van der Waals surface area contributed by atoms with Gasteiger partial charge in [0.15, 0.2) is 0 Å². The topological polar surface area (TPSA) is 61.3 Å². The van der Waals surface area contributed by atoms with Gasteiger partial charge in [0.25, 0.3) is 0 Å². The van der Waals surface area contributed by atoms with Crippen molar-refractivity contribution < 1.29 is 4.74 Å². The quantitative estimate of drug-likeness (QED) is 0.721. The molecule has 3 heteroatoms. The van der Waals surface area contributed by atoms with E-state index in [9.17, 15) is 0 Å². The zero-order valence-corrected chi connectivity index (χ0v) is 13.2. The van der Waals surface area contributed by atoms with E-state index in [2.05, 4.69) is 0 Å². The Morgan fingerprint density at radius 3 is 2.57 bits per heavy atom. The van der Waals surface area contributed by atoms with Crippen molar-refractivity contribution in [3.05, 3.63) is 0 Å². The van der Waals surface area contributed by atoms with Gasteiger partial charge >= 0.3 is 0 Å². The second-order valence-corrected chi connectivity index (χ2v) is 8.95. The zero-order chi connectivity index (χ0) is 14.3. The van der Waals surface area contributed by atoms with Gasteiger partial charge in [0.1, 0.15) is 0 Å². The first-order chi connectivity index (χ1) is 10.0. The van der Waals surface area contributed by atoms with E-state index < -0.39 is 0 Å². The van der Waals surface area contributed by atoms with Gasteiger partial charge in [0.2, 0.25) is 0 Å². The van der Waals surface area contributed by atoms with Crippen LogP contribution in [0.15, 0.2) is 0 Å². The molecule has 3 aliphatic carbocycles. The molecular formula is C18H30N2O. The van der Waals surface area contributed by atoms with Crippen LogP contribution in [0.2, 0.25) is 0 Å². The third-order valence-electron chi connectivity index (χ3n) is 8.46. The molecule has 2 saturated heterocycles. The molecule has 5 aliphatic rings. The molecule has 0 aromatic carbocycles. The van der Waals surface area contributed by atoms with E-state index in [0.717, 1.165) is 25.2 Å². The molecule has 2 spiro atoms. The van der Waals surface area contributed by atoms with Crippen molar-refractivity contribution in [2.24, 2.45) is 23.3 Å². The summed E-state index contributed by atoms with van der Waals surface area (Å²) in [5, 5.41) is 0. The molecule has 0 radical (unpaired) electrons. The van der Waals surface area contributed by atoms with Gasteiger partial charge in [-0.05, 0) is 76.0 Å². The number of hydrogen-bond donors (Lipinski definition) is 2. The minimum absolute atomic E-state index is 0.0790. The molecule has 118 valence electrons. The van der Waals surface area contributed by atoms with Crippen LogP contribution in [0.5, 0.6) is 0 Å². The van der Waals surface area contributed by atoms with Crippen LogP contribution in [0.25, 0.3) is 0 Å². The highest BCUT2D eigenvalue weighted by Gasteiger charge is 2.74. The summed E-state index contributed by atoms with van der Waals surface area (Å²) in [5.74, 6) is 1.48. The van der Waals surface area contributed by atoms with Gasteiger partial charge in [-0.15, -0.1) is 0 Å². The molecule has 0 aromatic heterocycles. The number of ether oxygens (including phenoxy) is 1. The highest BCUT2D eigenvalue weighted by molar-refractivity contribution is 5.29. The third-order valence-corrected chi connectivity index (χ3v) is 8.46. The Hall–Kier alpha value is -0.120. The summed E-state index contributed by atoms with van der Waals surface area (Å²) >= 11 is 0. The normalized spacial score (nSPS) is 62.0. The van der Waals surface area contributed by atoms with E-state index in [1.807, 2.05) is 0 Å². The van der Waals surface area contributed by atoms with Gasteiger partial charge in [0, 0.05) is 5.54 Å². The number of hydrogen-bond acceptors (Lipinski definition) is 3. The summed E-state index contributed by atoms with van der Waals surface area (Å²) in [6, 6.07) is 0. The van der Waals surface area contributed by atoms with Crippen molar-refractivity contribution in [2.75, 3.05) is 0 Å². The molecule has 5 rings (SSSR count). The smallest absolute Gasteiger partial charge is 0.0915 e. The van der Waals surface area contributed by atoms with Crippen molar-refractivity contribution >= 4 is 0 Å². The molecule has 5 fully saturated rings. The van der Waals surface area contributed by atoms with Crippen LogP contribution in [0, 0.1) is 11.8 Å². The van der Waals surface area contributed by atoms with E-state index in [1.165, 1.54) is 57.8 Å². The molecule has 3 nitrogen and oxygen atoms in total. The van der Waals surface area contributed by atoms with E-state index in [1.54, 1.807) is 0 Å². The summed E-state index contributed by atoms with van der Waals surface area (Å²) in [7, 11) is 0. The fourth-order valence-corrected chi connectivity index (χ4v) is 7.36. The van der Waals surface area contributed by atoms with Crippen molar-refractivity contribution in [2.45, 2.75) is 99.3 Å². The Labute approximate surface area is 128 Å². The summed E-state index contributed by atoms with van der Waals surface area (Å²) in [6.45, 7) is 0. The molecule has 2 bridgehead atoms. The van der Waals surface area contributed by atoms with Gasteiger partial charge in [-0.1, -0.05) is 12.8 Å². The molecule has 2 aliphatic heterocycles. The van der Waals surface area contributed by atoms with Crippen LogP contribution < -0.4 is 11.5 Å². The lowest BCUT2D eigenvalue weighted by atomic mass is 9.54. The predicted molar refractivity (Wildman–Crippen MR) is 82.8 cm³/mol. The van der Waals surface area contributed by atoms with Crippen LogP contribution in [-0.4, -0.2) is 22.3 Å². The summed E-state index contributed by atoms with van der Waals surface area (Å²) < 4.78 is 7.06. The van der Waals surface area contributed by atoms with Crippen LogP contribution in [-0.2, 0) is 4.74 Å². The van der Waals surface area contributed by atoms with Gasteiger partial charge < -0.3 is 16.2 Å². The second kappa shape index (κ2) is 3.85. The Balaban J connectivity index is 1.61. The standard InChI is InChI=1S/C18H30N2O/c19-16-7-3-8-18(16,20)17-11-10-15(21-17)6-2-1-4-13(15)12-14(17)5-9-16/h13-14H,1-12,19-20H2. The van der Waals surface area contributed by atoms with E-state index >= 15 is 0 Å². The van der Waals surface area contributed by atoms with Crippen molar-refractivity contribution in [3.63, 3.8) is 0 Å². The Bertz CT molecular complexity index is 482. The van der Waals surface area contributed by atoms with E-state index in [-0.39, 0.29) is 22.3 Å². The monoisotopic (exact) mass is 290 g/mol. The van der Waals surface area contributed by atoms with Crippen LogP contribution in [0.3, 0.4) is 0 Å². The highest BCUT2D eigenvalue weighted by atomic mass is 16.5. The van der Waals surface area contributed by atoms with Gasteiger partial charge in [-0.3, -0.25) is 0 Å². The summed E-state index contributed by atoms with van der Waals surface area (Å²) in [5.41, 5.74) is 13.6. The lowest BCUT2D eigenvalue weighted by Crippen LogP contribution is -2.79. The largest absolute Gasteiger partial charge is 0.366 e. The number of rotatable bonds is 0. The molecule has 4 N–H and O–H groups in total. The molecule has 0 amide bonds. The fraction of sp³-hybridized carbons (Fsp3) is 1.00. The van der Waals surface area contributed by atoms with Gasteiger partial charge in [0.05, 0.1) is 16.7 Å². The van der Waals surface area contributed by atoms with Crippen molar-refractivity contribution in [3.8, 4) is 0 Å². The predicted octanol–water partition coefficient (Wildman–Crippen LogP) is 2.86. The molecule has 21 heavy (non-hydrogen) atoms. The Kier molecular flexibility index (Phi) is 2.45. The first-order valence-corrected chi connectivity index (χ1v) is 9.32. The Morgan fingerprint density at radius 1 is 0.762 bits per heavy atom. The molecule has 6 atom stereocenters. The molecule has 0 aromatic rings. The average Bonchev–Trinajstić information content (AvgIpc) is 2.96. The third kappa shape index (κ3) is 1.34. The molecule has 2 heterocycles. The zero-order valence-electron chi connectivity index (χ0n) is 13.2. The minimum atomic E-state index is -0.255. The van der Waals surface area contributed by atoms with E-state index in [0.29, 0.717) is 5.92 Å². The van der Waals surface area contributed by atoms with Crippen LogP contribution >= 0.6 is 0 Å². The fourth-order valence-electron chi connectivity index (χ4n) is 7.36. The Morgan fingerprint density at radius 2 is 1.67 bits per heavy atom. The summed E-state index contributed by atoms with van der Waals surface area (Å²) in [4.78, 5) is 0. The highest BCUT2D eigenvalue weighted by Crippen LogP contribution is 2.67. The summed E-state index contributed by atoms with van der Waals surface area (Å²) in [6.07, 6.45) is 15.0. The average molecular weight is 290 g/mol. The van der Waals surface area contributed by atoms with E-state index in [4.69, 9.17) is 16.2 Å². The maximum absolute atomic E-state index is 7.09. The van der Waals surface area contributed by atoms with Crippen LogP contribution in [0.4, 0.5) is 0 Å². The first-order valence-electron chi connectivity index (χ1n) is 9.32. The number of fused-ring (bicyclic) bond motifs is 1. The second-order valence-electron chi connectivity index (χ2n) is 8.95. The maximum atomic E-state index is 7.09. The van der Waals surface area contributed by atoms with Crippen molar-refractivity contribution in [1.29, 1.82) is 0 Å². The molecule has 3 saturated carbocycles. The first kappa shape index (κ1) is 13.3. The number of nitrogens with two attached hydrogens (primary N) is 2. The van der Waals surface area contributed by atoms with Crippen molar-refractivity contribution in [1.82, 2.24) is 0 Å². The van der Waals surface area contributed by atoms with Gasteiger partial charge in [-0.2, -0.15) is 0 Å². The molecular weight excluding hydrogens is 260 g/mol. The lowest BCUT2D eigenvalue weighted by Gasteiger charge is -2.63. The SMILES string of the molecule is NC12CCCC1(N)C13CCC4(CCCCC4CC1CC2)O3. The van der Waals surface area contributed by atoms with Gasteiger partial charge in [-0.25, -0.2) is 0 Å². The minimum Gasteiger partial charge on any atom is -0.366 e.